The van der Waals surface area contributed by atoms with Crippen LogP contribution in [0.2, 0.25) is 5.02 Å². The molecule has 1 aromatic rings. The van der Waals surface area contributed by atoms with Gasteiger partial charge in [0.05, 0.1) is 16.4 Å². The third kappa shape index (κ3) is 2.97. The minimum Gasteiger partial charge on any atom is -0.271 e. The summed E-state index contributed by atoms with van der Waals surface area (Å²) in [5.74, 6) is 0.641. The first-order valence-electron chi connectivity index (χ1n) is 5.40. The SMILES string of the molecule is CCc1nn(C)c(CC(CC)CBr)c1Cl. The lowest BCUT2D eigenvalue weighted by molar-refractivity contribution is 0.543. The zero-order chi connectivity index (χ0) is 11.4. The minimum absolute atomic E-state index is 0.641. The lowest BCUT2D eigenvalue weighted by atomic mass is 10.0. The Labute approximate surface area is 105 Å². The third-order valence-corrected chi connectivity index (χ3v) is 4.13. The fraction of sp³-hybridized carbons (Fsp3) is 0.727. The summed E-state index contributed by atoms with van der Waals surface area (Å²) in [7, 11) is 1.97. The molecule has 0 bridgehead atoms. The fourth-order valence-corrected chi connectivity index (χ4v) is 2.68. The predicted octanol–water partition coefficient (Wildman–Crippen LogP) is 3.60. The number of halogens is 2. The smallest absolute Gasteiger partial charge is 0.0849 e. The zero-order valence-corrected chi connectivity index (χ0v) is 11.9. The Balaban J connectivity index is 2.88. The molecule has 0 N–H and O–H groups in total. The molecule has 0 aliphatic heterocycles. The molecule has 1 unspecified atom stereocenters. The summed E-state index contributed by atoms with van der Waals surface area (Å²) in [5.41, 5.74) is 2.18. The van der Waals surface area contributed by atoms with Crippen LogP contribution in [-0.2, 0) is 19.9 Å². The van der Waals surface area contributed by atoms with Gasteiger partial charge in [-0.15, -0.1) is 0 Å². The first kappa shape index (κ1) is 13.0. The highest BCUT2D eigenvalue weighted by Crippen LogP contribution is 2.24. The first-order chi connectivity index (χ1) is 7.13. The number of aryl methyl sites for hydroxylation is 2. The van der Waals surface area contributed by atoms with Crippen LogP contribution in [0.25, 0.3) is 0 Å². The van der Waals surface area contributed by atoms with E-state index in [0.717, 1.165) is 35.3 Å². The van der Waals surface area contributed by atoms with E-state index in [1.54, 1.807) is 0 Å². The van der Waals surface area contributed by atoms with E-state index in [2.05, 4.69) is 34.9 Å². The van der Waals surface area contributed by atoms with Crippen LogP contribution in [-0.4, -0.2) is 15.1 Å². The Bertz CT molecular complexity index is 319. The molecule has 0 fully saturated rings. The molecule has 0 saturated carbocycles. The van der Waals surface area contributed by atoms with Gasteiger partial charge in [0, 0.05) is 12.4 Å². The van der Waals surface area contributed by atoms with Crippen LogP contribution >= 0.6 is 27.5 Å². The van der Waals surface area contributed by atoms with Crippen LogP contribution in [0.4, 0.5) is 0 Å². The number of alkyl halides is 1. The minimum atomic E-state index is 0.641. The zero-order valence-electron chi connectivity index (χ0n) is 9.56. The van der Waals surface area contributed by atoms with E-state index in [1.807, 2.05) is 11.7 Å². The molecule has 0 aromatic carbocycles. The van der Waals surface area contributed by atoms with Gasteiger partial charge >= 0.3 is 0 Å². The molecule has 1 heterocycles. The molecule has 1 atom stereocenters. The monoisotopic (exact) mass is 292 g/mol. The Morgan fingerprint density at radius 1 is 1.47 bits per heavy atom. The van der Waals surface area contributed by atoms with Crippen LogP contribution in [0, 0.1) is 5.92 Å². The number of hydrogen-bond donors (Lipinski definition) is 0. The standard InChI is InChI=1S/C11H18BrClN2/c1-4-8(7-12)6-10-11(13)9(5-2)14-15(10)3/h8H,4-7H2,1-3H3. The Morgan fingerprint density at radius 2 is 2.13 bits per heavy atom. The van der Waals surface area contributed by atoms with Gasteiger partial charge in [-0.05, 0) is 18.8 Å². The van der Waals surface area contributed by atoms with Crippen molar-refractivity contribution in [2.75, 3.05) is 5.33 Å². The van der Waals surface area contributed by atoms with Gasteiger partial charge in [0.2, 0.25) is 0 Å². The van der Waals surface area contributed by atoms with Crippen molar-refractivity contribution < 1.29 is 0 Å². The van der Waals surface area contributed by atoms with Crippen molar-refractivity contribution >= 4 is 27.5 Å². The van der Waals surface area contributed by atoms with Crippen LogP contribution in [0.3, 0.4) is 0 Å². The van der Waals surface area contributed by atoms with Crippen LogP contribution in [0.15, 0.2) is 0 Å². The van der Waals surface area contributed by atoms with Crippen molar-refractivity contribution in [3.63, 3.8) is 0 Å². The van der Waals surface area contributed by atoms with E-state index in [9.17, 15) is 0 Å². The van der Waals surface area contributed by atoms with Gasteiger partial charge in [0.15, 0.2) is 0 Å². The predicted molar refractivity (Wildman–Crippen MR) is 68.9 cm³/mol. The molecule has 0 radical (unpaired) electrons. The summed E-state index contributed by atoms with van der Waals surface area (Å²) in [6.07, 6.45) is 3.07. The molecule has 1 aromatic heterocycles. The molecule has 0 aliphatic rings. The second-order valence-electron chi connectivity index (χ2n) is 3.82. The average Bonchev–Trinajstić information content (AvgIpc) is 2.51. The molecule has 2 nitrogen and oxygen atoms in total. The normalized spacial score (nSPS) is 13.1. The summed E-state index contributed by atoms with van der Waals surface area (Å²) in [6, 6.07) is 0. The van der Waals surface area contributed by atoms with Gasteiger partial charge in [-0.25, -0.2) is 0 Å². The van der Waals surface area contributed by atoms with Gasteiger partial charge < -0.3 is 0 Å². The Hall–Kier alpha value is -0.0200. The van der Waals surface area contributed by atoms with Crippen molar-refractivity contribution in [3.05, 3.63) is 16.4 Å². The Morgan fingerprint density at radius 3 is 2.53 bits per heavy atom. The first-order valence-corrected chi connectivity index (χ1v) is 6.90. The molecule has 1 rings (SSSR count). The quantitative estimate of drug-likeness (QED) is 0.759. The number of aromatic nitrogens is 2. The number of nitrogens with zero attached hydrogens (tertiary/aromatic N) is 2. The topological polar surface area (TPSA) is 17.8 Å². The lowest BCUT2D eigenvalue weighted by Gasteiger charge is -2.11. The highest BCUT2D eigenvalue weighted by Gasteiger charge is 2.16. The second-order valence-corrected chi connectivity index (χ2v) is 4.84. The van der Waals surface area contributed by atoms with E-state index in [1.165, 1.54) is 5.69 Å². The van der Waals surface area contributed by atoms with Gasteiger partial charge in [-0.1, -0.05) is 47.8 Å². The van der Waals surface area contributed by atoms with Crippen molar-refractivity contribution in [1.82, 2.24) is 9.78 Å². The van der Waals surface area contributed by atoms with E-state index in [-0.39, 0.29) is 0 Å². The second kappa shape index (κ2) is 5.90. The van der Waals surface area contributed by atoms with Crippen LogP contribution in [0.5, 0.6) is 0 Å². The maximum Gasteiger partial charge on any atom is 0.0849 e. The third-order valence-electron chi connectivity index (χ3n) is 2.78. The van der Waals surface area contributed by atoms with Gasteiger partial charge in [-0.2, -0.15) is 5.10 Å². The molecule has 86 valence electrons. The van der Waals surface area contributed by atoms with Crippen molar-refractivity contribution in [2.45, 2.75) is 33.1 Å². The molecule has 0 aliphatic carbocycles. The van der Waals surface area contributed by atoms with Gasteiger partial charge in [-0.3, -0.25) is 4.68 Å². The van der Waals surface area contributed by atoms with Crippen molar-refractivity contribution in [3.8, 4) is 0 Å². The highest BCUT2D eigenvalue weighted by atomic mass is 79.9. The van der Waals surface area contributed by atoms with Crippen LogP contribution < -0.4 is 0 Å². The molecule has 4 heteroatoms. The molecule has 0 amide bonds. The molecule has 0 saturated heterocycles. The summed E-state index contributed by atoms with van der Waals surface area (Å²) in [4.78, 5) is 0. The summed E-state index contributed by atoms with van der Waals surface area (Å²) in [6.45, 7) is 4.29. The number of rotatable bonds is 5. The molecule has 15 heavy (non-hydrogen) atoms. The average molecular weight is 294 g/mol. The lowest BCUT2D eigenvalue weighted by Crippen LogP contribution is -2.09. The molecule has 0 spiro atoms. The number of hydrogen-bond acceptors (Lipinski definition) is 1. The molecular formula is C11H18BrClN2. The van der Waals surface area contributed by atoms with Crippen LogP contribution in [0.1, 0.15) is 31.7 Å². The van der Waals surface area contributed by atoms with Gasteiger partial charge in [0.1, 0.15) is 0 Å². The van der Waals surface area contributed by atoms with Gasteiger partial charge in [0.25, 0.3) is 0 Å². The van der Waals surface area contributed by atoms with Crippen molar-refractivity contribution in [2.24, 2.45) is 13.0 Å². The maximum atomic E-state index is 6.29. The van der Waals surface area contributed by atoms with E-state index >= 15 is 0 Å². The van der Waals surface area contributed by atoms with E-state index in [0.29, 0.717) is 5.92 Å². The summed E-state index contributed by atoms with van der Waals surface area (Å²) in [5, 5.41) is 6.30. The summed E-state index contributed by atoms with van der Waals surface area (Å²) >= 11 is 9.82. The Kier molecular flexibility index (Phi) is 5.13. The van der Waals surface area contributed by atoms with Crippen molar-refractivity contribution in [1.29, 1.82) is 0 Å². The fourth-order valence-electron chi connectivity index (χ4n) is 1.62. The molecular weight excluding hydrogens is 275 g/mol. The summed E-state index contributed by atoms with van der Waals surface area (Å²) < 4.78 is 1.92. The van der Waals surface area contributed by atoms with E-state index in [4.69, 9.17) is 11.6 Å². The highest BCUT2D eigenvalue weighted by molar-refractivity contribution is 9.09. The maximum absolute atomic E-state index is 6.29. The van der Waals surface area contributed by atoms with E-state index < -0.39 is 0 Å². The largest absolute Gasteiger partial charge is 0.271 e.